The van der Waals surface area contributed by atoms with Crippen molar-refractivity contribution in [2.75, 3.05) is 4.90 Å². The molecule has 0 bridgehead atoms. The molecule has 164 valence electrons. The van der Waals surface area contributed by atoms with Crippen LogP contribution >= 0.6 is 0 Å². The number of benzene rings is 2. The van der Waals surface area contributed by atoms with Crippen molar-refractivity contribution >= 4 is 34.3 Å². The maximum absolute atomic E-state index is 13.4. The summed E-state index contributed by atoms with van der Waals surface area (Å²) in [5, 5.41) is 20.4. The van der Waals surface area contributed by atoms with Crippen LogP contribution in [0, 0.1) is 0 Å². The molecule has 1 atom stereocenters. The van der Waals surface area contributed by atoms with Gasteiger partial charge in [0.15, 0.2) is 11.5 Å². The Labute approximate surface area is 187 Å². The number of para-hydroxylation sites is 1. The standard InChI is InChI=1S/C25H17NO7/c27-20(28)12-14-7-9-16(10-8-14)26-22(18-6-3-11-32-18)21(24(30)25(26)31)23(29)19-13-15-4-1-2-5-17(15)33-19/h1-11,13,22,30H,12H2,(H,27,28). The van der Waals surface area contributed by atoms with Gasteiger partial charge in [-0.2, -0.15) is 0 Å². The average Bonchev–Trinajstić information content (AvgIpc) is 3.53. The predicted octanol–water partition coefficient (Wildman–Crippen LogP) is 4.44. The summed E-state index contributed by atoms with van der Waals surface area (Å²) < 4.78 is 11.2. The number of nitrogens with zero attached hydrogens (tertiary/aromatic N) is 1. The Morgan fingerprint density at radius 1 is 1.00 bits per heavy atom. The maximum atomic E-state index is 13.4. The van der Waals surface area contributed by atoms with Gasteiger partial charge in [0, 0.05) is 11.1 Å². The fourth-order valence-electron chi connectivity index (χ4n) is 4.00. The van der Waals surface area contributed by atoms with E-state index >= 15 is 0 Å². The number of amides is 1. The molecule has 1 aliphatic rings. The Balaban J connectivity index is 1.58. The van der Waals surface area contributed by atoms with Crippen molar-refractivity contribution in [2.45, 2.75) is 12.5 Å². The van der Waals surface area contributed by atoms with Crippen molar-refractivity contribution in [3.8, 4) is 0 Å². The molecule has 0 fully saturated rings. The number of hydrogen-bond donors (Lipinski definition) is 2. The van der Waals surface area contributed by atoms with Crippen LogP contribution < -0.4 is 4.90 Å². The molecule has 33 heavy (non-hydrogen) atoms. The molecule has 2 aromatic carbocycles. The van der Waals surface area contributed by atoms with Gasteiger partial charge in [-0.05, 0) is 42.0 Å². The van der Waals surface area contributed by atoms with E-state index in [1.165, 1.54) is 11.2 Å². The number of fused-ring (bicyclic) bond motifs is 1. The molecule has 0 radical (unpaired) electrons. The van der Waals surface area contributed by atoms with Crippen molar-refractivity contribution in [2.24, 2.45) is 0 Å². The first-order valence-corrected chi connectivity index (χ1v) is 10.1. The second-order valence-electron chi connectivity index (χ2n) is 7.57. The highest BCUT2D eigenvalue weighted by atomic mass is 16.4. The van der Waals surface area contributed by atoms with E-state index in [4.69, 9.17) is 13.9 Å². The van der Waals surface area contributed by atoms with Crippen LogP contribution in [0.25, 0.3) is 11.0 Å². The zero-order chi connectivity index (χ0) is 23.1. The van der Waals surface area contributed by atoms with Crippen molar-refractivity contribution in [3.05, 3.63) is 101 Å². The van der Waals surface area contributed by atoms with E-state index in [2.05, 4.69) is 0 Å². The molecule has 1 amide bonds. The zero-order valence-corrected chi connectivity index (χ0v) is 17.1. The minimum atomic E-state index is -1.03. The lowest BCUT2D eigenvalue weighted by molar-refractivity contribution is -0.136. The summed E-state index contributed by atoms with van der Waals surface area (Å²) in [5.41, 5.74) is 1.26. The summed E-state index contributed by atoms with van der Waals surface area (Å²) in [4.78, 5) is 38.7. The van der Waals surface area contributed by atoms with Crippen molar-refractivity contribution in [3.63, 3.8) is 0 Å². The van der Waals surface area contributed by atoms with Gasteiger partial charge in [0.05, 0.1) is 18.3 Å². The van der Waals surface area contributed by atoms with Gasteiger partial charge in [-0.15, -0.1) is 0 Å². The smallest absolute Gasteiger partial charge is 0.307 e. The average molecular weight is 443 g/mol. The molecule has 2 N–H and O–H groups in total. The van der Waals surface area contributed by atoms with Crippen LogP contribution in [0.5, 0.6) is 0 Å². The largest absolute Gasteiger partial charge is 0.503 e. The molecular formula is C25H17NO7. The summed E-state index contributed by atoms with van der Waals surface area (Å²) in [6.07, 6.45) is 1.24. The Kier molecular flexibility index (Phi) is 4.82. The van der Waals surface area contributed by atoms with E-state index in [0.717, 1.165) is 0 Å². The summed E-state index contributed by atoms with van der Waals surface area (Å²) in [7, 11) is 0. The molecule has 0 aliphatic carbocycles. The molecule has 1 unspecified atom stereocenters. The Morgan fingerprint density at radius 2 is 1.76 bits per heavy atom. The van der Waals surface area contributed by atoms with E-state index < -0.39 is 29.5 Å². The van der Waals surface area contributed by atoms with Gasteiger partial charge in [0.25, 0.3) is 5.91 Å². The van der Waals surface area contributed by atoms with Gasteiger partial charge in [0.1, 0.15) is 17.4 Å². The molecule has 4 aromatic rings. The number of carbonyl (C=O) groups excluding carboxylic acids is 2. The number of carboxylic acids is 1. The topological polar surface area (TPSA) is 121 Å². The third-order valence-corrected chi connectivity index (χ3v) is 5.48. The SMILES string of the molecule is O=C(O)Cc1ccc(N2C(=O)C(O)=C(C(=O)c3cc4ccccc4o3)C2c2ccco2)cc1. The van der Waals surface area contributed by atoms with Crippen molar-refractivity contribution < 1.29 is 33.4 Å². The highest BCUT2D eigenvalue weighted by Crippen LogP contribution is 2.42. The molecule has 2 aromatic heterocycles. The van der Waals surface area contributed by atoms with Crippen molar-refractivity contribution in [1.82, 2.24) is 0 Å². The molecule has 3 heterocycles. The number of ketones is 1. The van der Waals surface area contributed by atoms with Gasteiger partial charge in [-0.1, -0.05) is 30.3 Å². The quantitative estimate of drug-likeness (QED) is 0.423. The first-order valence-electron chi connectivity index (χ1n) is 10.1. The van der Waals surface area contributed by atoms with E-state index in [0.29, 0.717) is 22.2 Å². The maximum Gasteiger partial charge on any atom is 0.307 e. The number of Topliss-reactive ketones (excluding diaryl/α,β-unsaturated/α-hetero) is 1. The minimum absolute atomic E-state index is 0.0132. The highest BCUT2D eigenvalue weighted by molar-refractivity contribution is 6.20. The number of rotatable bonds is 6. The lowest BCUT2D eigenvalue weighted by atomic mass is 9.99. The number of carboxylic acid groups (broad SMARTS) is 1. The lowest BCUT2D eigenvalue weighted by Gasteiger charge is -2.25. The number of furan rings is 2. The lowest BCUT2D eigenvalue weighted by Crippen LogP contribution is -2.30. The van der Waals surface area contributed by atoms with Crippen molar-refractivity contribution in [1.29, 1.82) is 0 Å². The number of aliphatic carboxylic acids is 1. The summed E-state index contributed by atoms with van der Waals surface area (Å²) in [5.74, 6) is -2.82. The predicted molar refractivity (Wildman–Crippen MR) is 117 cm³/mol. The molecule has 0 spiro atoms. The third kappa shape index (κ3) is 3.47. The minimum Gasteiger partial charge on any atom is -0.503 e. The number of hydrogen-bond acceptors (Lipinski definition) is 6. The third-order valence-electron chi connectivity index (χ3n) is 5.48. The van der Waals surface area contributed by atoms with E-state index in [9.17, 15) is 19.5 Å². The number of aliphatic hydroxyl groups excluding tert-OH is 1. The second kappa shape index (κ2) is 7.83. The molecule has 8 nitrogen and oxygen atoms in total. The van der Waals surface area contributed by atoms with Gasteiger partial charge in [-0.3, -0.25) is 19.3 Å². The van der Waals surface area contributed by atoms with Crippen LogP contribution in [0.3, 0.4) is 0 Å². The molecule has 1 aliphatic heterocycles. The first kappa shape index (κ1) is 20.3. The van der Waals surface area contributed by atoms with Gasteiger partial charge in [0.2, 0.25) is 5.78 Å². The van der Waals surface area contributed by atoms with Crippen LogP contribution in [0.2, 0.25) is 0 Å². The fourth-order valence-corrected chi connectivity index (χ4v) is 4.00. The van der Waals surface area contributed by atoms with Gasteiger partial charge < -0.3 is 19.0 Å². The van der Waals surface area contributed by atoms with Crippen LogP contribution in [0.4, 0.5) is 5.69 Å². The second-order valence-corrected chi connectivity index (χ2v) is 7.57. The van der Waals surface area contributed by atoms with E-state index in [-0.39, 0.29) is 23.5 Å². The van der Waals surface area contributed by atoms with E-state index in [1.807, 2.05) is 6.07 Å². The van der Waals surface area contributed by atoms with Crippen LogP contribution in [0.1, 0.15) is 27.9 Å². The molecule has 0 saturated heterocycles. The number of aliphatic hydroxyl groups is 1. The summed E-state index contributed by atoms with van der Waals surface area (Å²) >= 11 is 0. The summed E-state index contributed by atoms with van der Waals surface area (Å²) in [6.45, 7) is 0. The van der Waals surface area contributed by atoms with Gasteiger partial charge in [-0.25, -0.2) is 0 Å². The van der Waals surface area contributed by atoms with Gasteiger partial charge >= 0.3 is 5.97 Å². The highest BCUT2D eigenvalue weighted by Gasteiger charge is 2.46. The first-order chi connectivity index (χ1) is 15.9. The summed E-state index contributed by atoms with van der Waals surface area (Å²) in [6, 6.07) is 17.1. The van der Waals surface area contributed by atoms with Crippen LogP contribution in [0.15, 0.2) is 93.2 Å². The Bertz CT molecular complexity index is 1380. The fraction of sp³-hybridized carbons (Fsp3) is 0.0800. The van der Waals surface area contributed by atoms with Crippen LogP contribution in [-0.4, -0.2) is 27.9 Å². The Hall–Kier alpha value is -4.59. The normalized spacial score (nSPS) is 16.1. The Morgan fingerprint density at radius 3 is 2.42 bits per heavy atom. The number of carbonyl (C=O) groups is 3. The van der Waals surface area contributed by atoms with Crippen LogP contribution in [-0.2, 0) is 16.0 Å². The molecule has 0 saturated carbocycles. The number of anilines is 1. The molecule has 5 rings (SSSR count). The van der Waals surface area contributed by atoms with E-state index in [1.54, 1.807) is 60.7 Å². The molecular weight excluding hydrogens is 426 g/mol. The zero-order valence-electron chi connectivity index (χ0n) is 17.1. The molecule has 8 heteroatoms. The monoisotopic (exact) mass is 443 g/mol.